The molecular formula is C33H46FN2O5P. The van der Waals surface area contributed by atoms with Crippen molar-refractivity contribution in [3.63, 3.8) is 0 Å². The summed E-state index contributed by atoms with van der Waals surface area (Å²) in [5, 5.41) is 6.66. The monoisotopic (exact) mass is 600 g/mol. The van der Waals surface area contributed by atoms with E-state index in [1.54, 1.807) is 0 Å². The number of carbonyl (C=O) groups is 3. The third-order valence-electron chi connectivity index (χ3n) is 11.8. The Morgan fingerprint density at radius 2 is 1.86 bits per heavy atom. The number of hydrogen-bond donors (Lipinski definition) is 2. The van der Waals surface area contributed by atoms with E-state index < -0.39 is 12.4 Å². The SMILES string of the molecule is CCCP123C[C@H](C=C[C@H]1[C@H]2NC(=O)c1cc(OC2CCC(C)(C=O)CC2)c(F)cc1OC)[C@@H]3C(=O)NCC1(C)CCC1. The second-order valence-corrected chi connectivity index (χ2v) is 20.6. The first kappa shape index (κ1) is 29.6. The van der Waals surface area contributed by atoms with E-state index in [1.165, 1.54) is 25.7 Å². The van der Waals surface area contributed by atoms with Gasteiger partial charge in [-0.3, -0.25) is 0 Å². The molecule has 2 aliphatic carbocycles. The summed E-state index contributed by atoms with van der Waals surface area (Å²) in [6, 6.07) is 2.67. The number of nitrogens with one attached hydrogen (secondary N) is 2. The van der Waals surface area contributed by atoms with Crippen LogP contribution >= 0.6 is 6.60 Å². The average Bonchev–Trinajstić information content (AvgIpc) is 3.57. The van der Waals surface area contributed by atoms with Crippen LogP contribution in [-0.4, -0.2) is 67.3 Å². The van der Waals surface area contributed by atoms with Gasteiger partial charge in [-0.15, -0.1) is 0 Å². The summed E-state index contributed by atoms with van der Waals surface area (Å²) in [6.45, 7) is 4.55. The zero-order valence-corrected chi connectivity index (χ0v) is 26.3. The van der Waals surface area contributed by atoms with Crippen molar-refractivity contribution >= 4 is 24.7 Å². The van der Waals surface area contributed by atoms with Crippen molar-refractivity contribution in [3.05, 3.63) is 35.7 Å². The van der Waals surface area contributed by atoms with Crippen LogP contribution in [0.4, 0.5) is 4.39 Å². The van der Waals surface area contributed by atoms with Crippen molar-refractivity contribution < 1.29 is 28.2 Å². The van der Waals surface area contributed by atoms with Crippen molar-refractivity contribution in [3.8, 4) is 11.5 Å². The molecule has 2 N–H and O–H groups in total. The molecule has 1 aromatic rings. The number of rotatable bonds is 11. The summed E-state index contributed by atoms with van der Waals surface area (Å²) in [5.74, 6) is -0.344. The molecule has 7 nitrogen and oxygen atoms in total. The number of carbonyl (C=O) groups excluding carboxylic acids is 3. The van der Waals surface area contributed by atoms with Crippen molar-refractivity contribution in [1.29, 1.82) is 0 Å². The summed E-state index contributed by atoms with van der Waals surface area (Å²) in [5.41, 5.74) is 0.275. The molecule has 6 rings (SSSR count). The van der Waals surface area contributed by atoms with Crippen LogP contribution < -0.4 is 20.1 Å². The molecule has 2 bridgehead atoms. The molecule has 2 saturated heterocycles. The Morgan fingerprint density at radius 3 is 2.48 bits per heavy atom. The van der Waals surface area contributed by atoms with Crippen LogP contribution in [0.2, 0.25) is 0 Å². The molecule has 9 heteroatoms. The Morgan fingerprint density at radius 1 is 1.12 bits per heavy atom. The van der Waals surface area contributed by atoms with Crippen LogP contribution in [0.3, 0.4) is 0 Å². The van der Waals surface area contributed by atoms with Crippen LogP contribution in [0.5, 0.6) is 11.5 Å². The topological polar surface area (TPSA) is 93.7 Å². The normalized spacial score (nSPS) is 35.1. The van der Waals surface area contributed by atoms with Gasteiger partial charge in [0.15, 0.2) is 0 Å². The number of benzene rings is 1. The van der Waals surface area contributed by atoms with E-state index in [-0.39, 0.29) is 68.8 Å². The predicted octanol–water partition coefficient (Wildman–Crippen LogP) is 5.64. The molecule has 0 aromatic heterocycles. The average molecular weight is 601 g/mol. The molecule has 4 atom stereocenters. The first-order valence-electron chi connectivity index (χ1n) is 15.8. The summed E-state index contributed by atoms with van der Waals surface area (Å²) in [7, 11) is 1.43. The molecule has 42 heavy (non-hydrogen) atoms. The fourth-order valence-corrected chi connectivity index (χ4v) is 18.6. The van der Waals surface area contributed by atoms with Gasteiger partial charge in [0.25, 0.3) is 0 Å². The minimum atomic E-state index is -2.55. The van der Waals surface area contributed by atoms with Gasteiger partial charge in [-0.05, 0) is 0 Å². The molecule has 2 saturated carbocycles. The van der Waals surface area contributed by atoms with Crippen LogP contribution in [0.15, 0.2) is 24.3 Å². The van der Waals surface area contributed by atoms with Gasteiger partial charge in [0.1, 0.15) is 0 Å². The third kappa shape index (κ3) is 4.41. The molecular weight excluding hydrogens is 554 g/mol. The van der Waals surface area contributed by atoms with Gasteiger partial charge in [0.2, 0.25) is 0 Å². The number of halogens is 1. The fraction of sp³-hybridized carbons (Fsp3) is 0.667. The molecule has 1 aromatic carbocycles. The van der Waals surface area contributed by atoms with Gasteiger partial charge in [0, 0.05) is 0 Å². The number of methoxy groups -OCH3 is 1. The second kappa shape index (κ2) is 10.3. The van der Waals surface area contributed by atoms with Crippen molar-refractivity contribution in [1.82, 2.24) is 10.6 Å². The Balaban J connectivity index is 1.20. The van der Waals surface area contributed by atoms with Crippen LogP contribution in [0.25, 0.3) is 0 Å². The van der Waals surface area contributed by atoms with E-state index in [0.717, 1.165) is 44.4 Å². The quantitative estimate of drug-likeness (QED) is 0.195. The predicted molar refractivity (Wildman–Crippen MR) is 163 cm³/mol. The Kier molecular flexibility index (Phi) is 7.27. The van der Waals surface area contributed by atoms with E-state index >= 15 is 4.39 Å². The maximum atomic E-state index is 15.1. The molecule has 0 radical (unpaired) electrons. The first-order chi connectivity index (χ1) is 20.0. The van der Waals surface area contributed by atoms with Gasteiger partial charge in [-0.25, -0.2) is 0 Å². The molecule has 0 unspecified atom stereocenters. The Bertz CT molecular complexity index is 1320. The van der Waals surface area contributed by atoms with Crippen LogP contribution in [0.1, 0.15) is 82.5 Å². The van der Waals surface area contributed by atoms with Crippen molar-refractivity contribution in [2.75, 3.05) is 26.0 Å². The second-order valence-electron chi connectivity index (χ2n) is 14.5. The zero-order chi connectivity index (χ0) is 29.9. The third-order valence-corrected chi connectivity index (χ3v) is 20.2. The van der Waals surface area contributed by atoms with E-state index in [9.17, 15) is 14.4 Å². The minimum absolute atomic E-state index is 0.0251. The first-order valence-corrected chi connectivity index (χ1v) is 18.6. The zero-order valence-electron chi connectivity index (χ0n) is 25.4. The maximum absolute atomic E-state index is 15.1. The molecule has 4 fully saturated rings. The molecule has 3 heterocycles. The number of fused-ring (bicyclic) bond motifs is 1. The van der Waals surface area contributed by atoms with E-state index in [2.05, 4.69) is 36.6 Å². The summed E-state index contributed by atoms with van der Waals surface area (Å²) in [6.07, 6.45) is 14.5. The van der Waals surface area contributed by atoms with Gasteiger partial charge in [-0.2, -0.15) is 0 Å². The van der Waals surface area contributed by atoms with E-state index in [1.807, 2.05) is 6.92 Å². The molecule has 1 spiro atoms. The molecule has 2 amide bonds. The molecule has 230 valence electrons. The standard InChI is InChI=1S/C33H46FN2O5P/c1-5-15-42-18-21(28(42)30(39)35-19-32(2)11-6-12-32)7-8-27(42)31(42)36-29(38)23-16-26(24(34)17-25(23)40-4)41-22-9-13-33(3,20-37)14-10-22/h7-8,16-17,20-22,27-28,31H,5-6,9-15,18-19H2,1-4H3,(H,35,39)(H,36,38)/t21-,22?,27-,28+,31-,33?/m0/s1. The van der Waals surface area contributed by atoms with Gasteiger partial charge >= 0.3 is 244 Å². The van der Waals surface area contributed by atoms with Gasteiger partial charge in [-0.1, -0.05) is 0 Å². The molecule has 5 aliphatic rings. The van der Waals surface area contributed by atoms with E-state index in [0.29, 0.717) is 25.7 Å². The van der Waals surface area contributed by atoms with Crippen LogP contribution in [0, 0.1) is 22.6 Å². The fourth-order valence-electron chi connectivity index (χ4n) is 9.04. The Labute approximate surface area is 248 Å². The summed E-state index contributed by atoms with van der Waals surface area (Å²) >= 11 is 0. The number of hydrogen-bond acceptors (Lipinski definition) is 5. The van der Waals surface area contributed by atoms with E-state index in [4.69, 9.17) is 9.47 Å². The number of amides is 2. The van der Waals surface area contributed by atoms with Gasteiger partial charge < -0.3 is 4.79 Å². The van der Waals surface area contributed by atoms with Crippen molar-refractivity contribution in [2.45, 2.75) is 95.3 Å². The molecule has 3 aliphatic heterocycles. The van der Waals surface area contributed by atoms with Gasteiger partial charge in [0.05, 0.1) is 0 Å². The number of aldehydes is 1. The number of allylic oxidation sites excluding steroid dienone is 1. The summed E-state index contributed by atoms with van der Waals surface area (Å²) in [4.78, 5) is 39.0. The Hall–Kier alpha value is -2.47. The number of ether oxygens (including phenoxy) is 2. The van der Waals surface area contributed by atoms with Crippen molar-refractivity contribution in [2.24, 2.45) is 16.7 Å². The van der Waals surface area contributed by atoms with Crippen LogP contribution in [-0.2, 0) is 9.59 Å². The summed E-state index contributed by atoms with van der Waals surface area (Å²) < 4.78 is 26.6.